The van der Waals surface area contributed by atoms with Gasteiger partial charge in [0.15, 0.2) is 0 Å². The van der Waals surface area contributed by atoms with Crippen molar-refractivity contribution < 1.29 is 14.3 Å². The lowest BCUT2D eigenvalue weighted by molar-refractivity contribution is 0.185. The highest BCUT2D eigenvalue weighted by atomic mass is 16.5. The molecular formula is C54H68N6O3. The lowest BCUT2D eigenvalue weighted by Gasteiger charge is -2.31. The van der Waals surface area contributed by atoms with Crippen molar-refractivity contribution in [1.29, 1.82) is 0 Å². The predicted octanol–water partition coefficient (Wildman–Crippen LogP) is 11.9. The first-order valence-electron chi connectivity index (χ1n) is 24.5. The molecule has 0 aromatic heterocycles. The Balaban J connectivity index is 0.601. The maximum absolute atomic E-state index is 13.0. The van der Waals surface area contributed by atoms with Crippen LogP contribution in [0.15, 0.2) is 97.1 Å². The van der Waals surface area contributed by atoms with Crippen LogP contribution >= 0.6 is 0 Å². The molecule has 4 N–H and O–H groups in total. The third-order valence-corrected chi connectivity index (χ3v) is 16.1. The summed E-state index contributed by atoms with van der Waals surface area (Å²) in [7, 11) is 0. The predicted molar refractivity (Wildman–Crippen MR) is 250 cm³/mol. The number of rotatable bonds is 14. The van der Waals surface area contributed by atoms with Gasteiger partial charge in [-0.2, -0.15) is 0 Å². The van der Waals surface area contributed by atoms with Gasteiger partial charge in [0.25, 0.3) is 0 Å². The Hall–Kier alpha value is -4.86. The van der Waals surface area contributed by atoms with Crippen LogP contribution in [-0.2, 0) is 0 Å². The fourth-order valence-corrected chi connectivity index (χ4v) is 12.6. The Kier molecular flexibility index (Phi) is 12.5. The Morgan fingerprint density at radius 2 is 0.825 bits per heavy atom. The number of fused-ring (bicyclic) bond motifs is 10. The number of nitrogens with zero attached hydrogens (tertiary/aromatic N) is 2. The van der Waals surface area contributed by atoms with Gasteiger partial charge in [-0.1, -0.05) is 72.8 Å². The normalized spacial score (nSPS) is 28.2. The molecule has 332 valence electrons. The Labute approximate surface area is 375 Å². The van der Waals surface area contributed by atoms with Crippen molar-refractivity contribution in [3.05, 3.63) is 130 Å². The van der Waals surface area contributed by atoms with E-state index in [1.807, 2.05) is 62.4 Å². The van der Waals surface area contributed by atoms with E-state index < -0.39 is 0 Å². The molecule has 6 atom stereocenters. The van der Waals surface area contributed by atoms with Gasteiger partial charge >= 0.3 is 12.1 Å². The molecule has 4 fully saturated rings. The first kappa shape index (κ1) is 42.1. The smallest absolute Gasteiger partial charge is 0.315 e. The zero-order chi connectivity index (χ0) is 42.9. The molecule has 2 saturated heterocycles. The van der Waals surface area contributed by atoms with Gasteiger partial charge in [0.05, 0.1) is 12.1 Å². The summed E-state index contributed by atoms with van der Waals surface area (Å²) < 4.78 is 6.17. The maximum atomic E-state index is 13.0. The minimum atomic E-state index is -0.130. The van der Waals surface area contributed by atoms with E-state index in [1.165, 1.54) is 77.3 Å². The molecule has 4 aromatic carbocycles. The number of carbonyl (C=O) groups is 2. The molecule has 0 spiro atoms. The van der Waals surface area contributed by atoms with Crippen LogP contribution in [0, 0.1) is 11.8 Å². The number of hydrogen-bond acceptors (Lipinski definition) is 5. The maximum Gasteiger partial charge on any atom is 0.315 e. The van der Waals surface area contributed by atoms with E-state index >= 15 is 0 Å². The third kappa shape index (κ3) is 9.24. The summed E-state index contributed by atoms with van der Waals surface area (Å²) in [4.78, 5) is 31.6. The fourth-order valence-electron chi connectivity index (χ4n) is 12.6. The van der Waals surface area contributed by atoms with E-state index in [-0.39, 0.29) is 36.2 Å². The van der Waals surface area contributed by atoms with Crippen molar-refractivity contribution in [3.8, 4) is 11.5 Å². The number of benzene rings is 4. The van der Waals surface area contributed by atoms with Crippen LogP contribution in [0.1, 0.15) is 173 Å². The second-order valence-electron chi connectivity index (χ2n) is 19.9. The molecule has 6 aliphatic rings. The van der Waals surface area contributed by atoms with Gasteiger partial charge in [0.2, 0.25) is 0 Å². The van der Waals surface area contributed by atoms with E-state index in [9.17, 15) is 9.59 Å². The summed E-state index contributed by atoms with van der Waals surface area (Å²) in [6, 6.07) is 36.5. The van der Waals surface area contributed by atoms with Gasteiger partial charge in [-0.3, -0.25) is 9.80 Å². The molecule has 6 unspecified atom stereocenters. The van der Waals surface area contributed by atoms with Crippen molar-refractivity contribution in [2.75, 3.05) is 13.1 Å². The molecule has 9 heteroatoms. The summed E-state index contributed by atoms with van der Waals surface area (Å²) in [5.41, 5.74) is 8.32. The van der Waals surface area contributed by atoms with Crippen molar-refractivity contribution in [2.45, 2.75) is 152 Å². The van der Waals surface area contributed by atoms with Crippen molar-refractivity contribution in [2.24, 2.45) is 11.8 Å². The number of nitrogens with one attached hydrogen (secondary N) is 4. The standard InChI is InChI=1S/C54H68N6O3/c1-35(55-53(61)57-41-19-11-37(12-20-41)31-33-59-49-27-28-50(59)46-8-4-3-7-45(46)49)39-15-23-43(24-16-39)63-44-25-17-40(18-26-44)36(2)56-54(62)58-42-21-13-38(14-22-42)32-34-60-51-29-30-52(60)48-10-6-5-9-47(48)51/h3-10,15-18,23-26,35-38,41-42,49-52H,11-14,19-22,27-34H2,1-2H3,(H2,55,57,61)(H2,56,58,62). The minimum Gasteiger partial charge on any atom is -0.457 e. The molecule has 2 saturated carbocycles. The molecule has 63 heavy (non-hydrogen) atoms. The molecule has 4 aromatic rings. The van der Waals surface area contributed by atoms with E-state index in [2.05, 4.69) is 79.6 Å². The molecule has 4 bridgehead atoms. The first-order valence-corrected chi connectivity index (χ1v) is 24.5. The van der Waals surface area contributed by atoms with Crippen molar-refractivity contribution in [3.63, 3.8) is 0 Å². The minimum absolute atomic E-state index is 0.0942. The summed E-state index contributed by atoms with van der Waals surface area (Å²) in [5.74, 6) is 2.96. The molecule has 4 aliphatic heterocycles. The summed E-state index contributed by atoms with van der Waals surface area (Å²) in [5, 5.41) is 12.8. The van der Waals surface area contributed by atoms with Crippen LogP contribution in [0.2, 0.25) is 0 Å². The molecule has 2 aliphatic carbocycles. The quantitative estimate of drug-likeness (QED) is 0.101. The van der Waals surface area contributed by atoms with Gasteiger partial charge in [-0.05, 0) is 186 Å². The summed E-state index contributed by atoms with van der Waals surface area (Å²) >= 11 is 0. The zero-order valence-electron chi connectivity index (χ0n) is 37.4. The number of ether oxygens (including phenoxy) is 1. The van der Waals surface area contributed by atoms with Crippen LogP contribution in [0.4, 0.5) is 9.59 Å². The second-order valence-corrected chi connectivity index (χ2v) is 19.9. The van der Waals surface area contributed by atoms with Crippen LogP contribution in [0.5, 0.6) is 11.5 Å². The van der Waals surface area contributed by atoms with Crippen molar-refractivity contribution in [1.82, 2.24) is 31.1 Å². The Bertz CT molecular complexity index is 1980. The molecule has 4 heterocycles. The Morgan fingerprint density at radius 1 is 0.492 bits per heavy atom. The SMILES string of the molecule is CC(NC(=O)NC1CCC(CCN2C3CCC2c2ccccc23)CC1)c1ccc(Oc2ccc(C(C)NC(=O)NC3CCC(CCN4C5CCC4c4ccccc45)CC3)cc2)cc1. The van der Waals surface area contributed by atoms with Crippen LogP contribution in [-0.4, -0.2) is 47.0 Å². The van der Waals surface area contributed by atoms with Gasteiger partial charge in [-0.15, -0.1) is 0 Å². The largest absolute Gasteiger partial charge is 0.457 e. The molecule has 9 nitrogen and oxygen atoms in total. The zero-order valence-corrected chi connectivity index (χ0v) is 37.4. The lowest BCUT2D eigenvalue weighted by Crippen LogP contribution is -2.44. The van der Waals surface area contributed by atoms with Gasteiger partial charge in [0.1, 0.15) is 11.5 Å². The van der Waals surface area contributed by atoms with Crippen LogP contribution in [0.25, 0.3) is 0 Å². The number of urea groups is 2. The van der Waals surface area contributed by atoms with E-state index in [0.717, 1.165) is 60.1 Å². The number of carbonyl (C=O) groups excluding carboxylic acids is 2. The first-order chi connectivity index (χ1) is 30.8. The fraction of sp³-hybridized carbons (Fsp3) is 0.519. The highest BCUT2D eigenvalue weighted by Crippen LogP contribution is 2.54. The van der Waals surface area contributed by atoms with Crippen LogP contribution in [0.3, 0.4) is 0 Å². The van der Waals surface area contributed by atoms with Crippen LogP contribution < -0.4 is 26.0 Å². The highest BCUT2D eigenvalue weighted by molar-refractivity contribution is 5.75. The van der Waals surface area contributed by atoms with Gasteiger partial charge in [0, 0.05) is 36.3 Å². The summed E-state index contributed by atoms with van der Waals surface area (Å²) in [6.07, 6.45) is 16.7. The van der Waals surface area contributed by atoms with E-state index in [4.69, 9.17) is 4.74 Å². The van der Waals surface area contributed by atoms with E-state index in [0.29, 0.717) is 24.2 Å². The lowest BCUT2D eigenvalue weighted by atomic mass is 9.84. The van der Waals surface area contributed by atoms with E-state index in [1.54, 1.807) is 22.3 Å². The molecular weight excluding hydrogens is 781 g/mol. The third-order valence-electron chi connectivity index (χ3n) is 16.1. The molecule has 0 radical (unpaired) electrons. The topological polar surface area (TPSA) is 98.0 Å². The average Bonchev–Trinajstić information content (AvgIpc) is 4.07. The van der Waals surface area contributed by atoms with Gasteiger partial charge in [-0.25, -0.2) is 9.59 Å². The summed E-state index contributed by atoms with van der Waals surface area (Å²) in [6.45, 7) is 6.43. The molecule has 10 rings (SSSR count). The Morgan fingerprint density at radius 3 is 1.16 bits per heavy atom. The molecule has 4 amide bonds. The average molecular weight is 849 g/mol. The number of hydrogen-bond donors (Lipinski definition) is 4. The van der Waals surface area contributed by atoms with Crippen molar-refractivity contribution >= 4 is 12.1 Å². The highest BCUT2D eigenvalue weighted by Gasteiger charge is 2.44. The monoisotopic (exact) mass is 849 g/mol. The number of amides is 4. The second kappa shape index (κ2) is 18.7. The van der Waals surface area contributed by atoms with Gasteiger partial charge < -0.3 is 26.0 Å².